The van der Waals surface area contributed by atoms with Crippen LogP contribution in [0.15, 0.2) is 54.6 Å². The number of anilines is 1. The highest BCUT2D eigenvalue weighted by Gasteiger charge is 2.28. The maximum atomic E-state index is 12.1. The van der Waals surface area contributed by atoms with E-state index in [0.717, 1.165) is 72.6 Å². The van der Waals surface area contributed by atoms with Crippen LogP contribution in [0, 0.1) is 6.92 Å². The van der Waals surface area contributed by atoms with Gasteiger partial charge in [0.2, 0.25) is 11.9 Å². The molecule has 1 amide bonds. The van der Waals surface area contributed by atoms with E-state index in [-0.39, 0.29) is 6.10 Å². The number of ether oxygens (including phenoxy) is 1. The number of piperidine rings is 1. The van der Waals surface area contributed by atoms with E-state index in [4.69, 9.17) is 20.4 Å². The van der Waals surface area contributed by atoms with Crippen molar-refractivity contribution < 1.29 is 9.53 Å². The van der Waals surface area contributed by atoms with Gasteiger partial charge in [-0.05, 0) is 75.9 Å². The Morgan fingerprint density at radius 1 is 1.05 bits per heavy atom. The summed E-state index contributed by atoms with van der Waals surface area (Å²) in [6.45, 7) is 6.66. The molecule has 4 aromatic rings. The van der Waals surface area contributed by atoms with E-state index in [1.807, 2.05) is 35.8 Å². The van der Waals surface area contributed by atoms with Gasteiger partial charge in [-0.2, -0.15) is 4.98 Å². The summed E-state index contributed by atoms with van der Waals surface area (Å²) in [6.07, 6.45) is 6.71. The summed E-state index contributed by atoms with van der Waals surface area (Å²) in [5.41, 5.74) is 11.3. The van der Waals surface area contributed by atoms with Crippen LogP contribution in [-0.2, 0) is 17.7 Å². The molecule has 40 heavy (non-hydrogen) atoms. The van der Waals surface area contributed by atoms with Gasteiger partial charge in [0.1, 0.15) is 11.9 Å². The molecule has 3 N–H and O–H groups in total. The minimum atomic E-state index is -0.443. The van der Waals surface area contributed by atoms with Crippen LogP contribution in [0.5, 0.6) is 0 Å². The van der Waals surface area contributed by atoms with Crippen molar-refractivity contribution >= 4 is 22.6 Å². The van der Waals surface area contributed by atoms with Gasteiger partial charge in [-0.25, -0.2) is 4.98 Å². The van der Waals surface area contributed by atoms with Crippen molar-refractivity contribution in [2.45, 2.75) is 58.1 Å². The van der Waals surface area contributed by atoms with Gasteiger partial charge in [0.25, 0.3) is 0 Å². The molecule has 3 heterocycles. The second-order valence-corrected chi connectivity index (χ2v) is 11.0. The molecule has 6 rings (SSSR count). The molecule has 1 fully saturated rings. The molecule has 0 spiro atoms. The number of carbonyl (C=O) groups is 1. The molecule has 2 aromatic heterocycles. The molecule has 0 bridgehead atoms. The van der Waals surface area contributed by atoms with Gasteiger partial charge >= 0.3 is 0 Å². The van der Waals surface area contributed by atoms with Crippen molar-refractivity contribution in [2.75, 3.05) is 31.6 Å². The number of likely N-dealkylation sites (tertiary alicyclic amines) is 1. The first-order valence-corrected chi connectivity index (χ1v) is 14.5. The summed E-state index contributed by atoms with van der Waals surface area (Å²) in [5.74, 6) is 0.983. The van der Waals surface area contributed by atoms with E-state index in [1.54, 1.807) is 6.07 Å². The fraction of sp³-hybridized carbons (Fsp3) is 0.406. The fourth-order valence-electron chi connectivity index (χ4n) is 6.14. The lowest BCUT2D eigenvalue weighted by Gasteiger charge is -2.29. The molecule has 2 aliphatic rings. The first kappa shape index (κ1) is 26.5. The Balaban J connectivity index is 1.37. The number of primary amides is 1. The van der Waals surface area contributed by atoms with Gasteiger partial charge in [0.15, 0.2) is 0 Å². The summed E-state index contributed by atoms with van der Waals surface area (Å²) in [7, 11) is 0. The second-order valence-electron chi connectivity index (χ2n) is 11.0. The highest BCUT2D eigenvalue weighted by molar-refractivity contribution is 6.06. The lowest BCUT2D eigenvalue weighted by Crippen LogP contribution is -2.33. The number of rotatable bonds is 9. The maximum Gasteiger partial charge on any atom is 0.249 e. The Morgan fingerprint density at radius 2 is 1.88 bits per heavy atom. The summed E-state index contributed by atoms with van der Waals surface area (Å²) in [4.78, 5) is 24.9. The van der Waals surface area contributed by atoms with Crippen molar-refractivity contribution in [3.63, 3.8) is 0 Å². The summed E-state index contributed by atoms with van der Waals surface area (Å²) in [5, 5.41) is 4.42. The number of aromatic nitrogens is 3. The average Bonchev–Trinajstić information content (AvgIpc) is 3.32. The normalized spacial score (nSPS) is 17.6. The average molecular weight is 539 g/mol. The molecule has 1 saturated heterocycles. The molecule has 1 aliphatic carbocycles. The smallest absolute Gasteiger partial charge is 0.249 e. The Kier molecular flexibility index (Phi) is 7.80. The number of hydrogen-bond donors (Lipinski definition) is 2. The molecule has 0 radical (unpaired) electrons. The number of benzene rings is 2. The third kappa shape index (κ3) is 5.46. The minimum Gasteiger partial charge on any atom is -0.371 e. The molecule has 2 aromatic carbocycles. The molecule has 1 aliphatic heterocycles. The lowest BCUT2D eigenvalue weighted by molar-refractivity contribution is 0.0212. The number of nitrogens with two attached hydrogens (primary N) is 1. The van der Waals surface area contributed by atoms with Crippen LogP contribution in [0.2, 0.25) is 0 Å². The third-order valence-electron chi connectivity index (χ3n) is 8.20. The van der Waals surface area contributed by atoms with Crippen LogP contribution in [0.3, 0.4) is 0 Å². The molecule has 1 atom stereocenters. The van der Waals surface area contributed by atoms with E-state index in [1.165, 1.54) is 24.8 Å². The molecular formula is C32H38N6O2. The van der Waals surface area contributed by atoms with Gasteiger partial charge in [-0.3, -0.25) is 9.36 Å². The lowest BCUT2D eigenvalue weighted by atomic mass is 9.93. The van der Waals surface area contributed by atoms with E-state index >= 15 is 0 Å². The van der Waals surface area contributed by atoms with Crippen LogP contribution in [0.1, 0.15) is 71.1 Å². The SMILES string of the molecule is Cc1cc2c(C(N)=O)cccc2n1-c1nc(NCc2ccccc2)c2c(n1)C(OCCN1CCCCC1)CCC2. The zero-order valence-corrected chi connectivity index (χ0v) is 23.2. The molecule has 1 unspecified atom stereocenters. The number of hydrogen-bond acceptors (Lipinski definition) is 6. The number of amides is 1. The first-order chi connectivity index (χ1) is 19.6. The predicted octanol–water partition coefficient (Wildman–Crippen LogP) is 5.32. The summed E-state index contributed by atoms with van der Waals surface area (Å²) < 4.78 is 8.56. The van der Waals surface area contributed by atoms with Gasteiger partial charge in [0.05, 0.1) is 17.8 Å². The van der Waals surface area contributed by atoms with E-state index in [9.17, 15) is 4.79 Å². The third-order valence-corrected chi connectivity index (χ3v) is 8.20. The Hall–Kier alpha value is -3.75. The van der Waals surface area contributed by atoms with Crippen molar-refractivity contribution in [3.8, 4) is 5.95 Å². The van der Waals surface area contributed by atoms with Gasteiger partial charge in [0, 0.05) is 35.3 Å². The van der Waals surface area contributed by atoms with Crippen LogP contribution in [-0.4, -0.2) is 51.6 Å². The zero-order valence-electron chi connectivity index (χ0n) is 23.2. The molecule has 8 heteroatoms. The van der Waals surface area contributed by atoms with Gasteiger partial charge < -0.3 is 20.7 Å². The van der Waals surface area contributed by atoms with Crippen molar-refractivity contribution in [1.82, 2.24) is 19.4 Å². The largest absolute Gasteiger partial charge is 0.371 e. The van der Waals surface area contributed by atoms with E-state index in [2.05, 4.69) is 34.5 Å². The standard InChI is InChI=1S/C32H38N6O2/c1-22-20-26-24(30(33)39)12-8-14-27(26)38(22)32-35-29-25(31(36-32)34-21-23-10-4-2-5-11-23)13-9-15-28(29)40-19-18-37-16-6-3-7-17-37/h2,4-5,8,10-12,14,20,28H,3,6-7,9,13,15-19,21H2,1H3,(H2,33,39)(H,34,35,36). The Labute approximate surface area is 235 Å². The minimum absolute atomic E-state index is 0.0733. The van der Waals surface area contributed by atoms with Gasteiger partial charge in [-0.15, -0.1) is 0 Å². The Morgan fingerprint density at radius 3 is 2.67 bits per heavy atom. The fourth-order valence-corrected chi connectivity index (χ4v) is 6.14. The topological polar surface area (TPSA) is 98.3 Å². The Bertz CT molecular complexity index is 1490. The number of nitrogens with one attached hydrogen (secondary N) is 1. The quantitative estimate of drug-likeness (QED) is 0.299. The van der Waals surface area contributed by atoms with Crippen molar-refractivity contribution in [3.05, 3.63) is 82.7 Å². The van der Waals surface area contributed by atoms with Crippen LogP contribution >= 0.6 is 0 Å². The molecular weight excluding hydrogens is 500 g/mol. The van der Waals surface area contributed by atoms with Gasteiger partial charge in [-0.1, -0.05) is 42.8 Å². The number of fused-ring (bicyclic) bond motifs is 2. The van der Waals surface area contributed by atoms with Crippen LogP contribution in [0.4, 0.5) is 5.82 Å². The molecule has 208 valence electrons. The summed E-state index contributed by atoms with van der Waals surface area (Å²) >= 11 is 0. The number of nitrogens with zero attached hydrogens (tertiary/aromatic N) is 4. The molecule has 8 nitrogen and oxygen atoms in total. The maximum absolute atomic E-state index is 12.1. The second kappa shape index (κ2) is 11.8. The van der Waals surface area contributed by atoms with Crippen molar-refractivity contribution in [1.29, 1.82) is 0 Å². The number of aryl methyl sites for hydroxylation is 1. The van der Waals surface area contributed by atoms with E-state index in [0.29, 0.717) is 24.7 Å². The highest BCUT2D eigenvalue weighted by Crippen LogP contribution is 2.36. The first-order valence-electron chi connectivity index (χ1n) is 14.5. The monoisotopic (exact) mass is 538 g/mol. The summed E-state index contributed by atoms with van der Waals surface area (Å²) in [6, 6.07) is 18.0. The van der Waals surface area contributed by atoms with Crippen LogP contribution in [0.25, 0.3) is 16.9 Å². The highest BCUT2D eigenvalue weighted by atomic mass is 16.5. The predicted molar refractivity (Wildman–Crippen MR) is 158 cm³/mol. The number of carbonyl (C=O) groups excluding carboxylic acids is 1. The molecule has 0 saturated carbocycles. The zero-order chi connectivity index (χ0) is 27.5. The van der Waals surface area contributed by atoms with Crippen LogP contribution < -0.4 is 11.1 Å². The van der Waals surface area contributed by atoms with Crippen molar-refractivity contribution in [2.24, 2.45) is 5.73 Å². The van der Waals surface area contributed by atoms with E-state index < -0.39 is 5.91 Å².